The summed E-state index contributed by atoms with van der Waals surface area (Å²) < 4.78 is 5.31. The van der Waals surface area contributed by atoms with Gasteiger partial charge in [0.25, 0.3) is 5.91 Å². The lowest BCUT2D eigenvalue weighted by Crippen LogP contribution is -2.57. The summed E-state index contributed by atoms with van der Waals surface area (Å²) in [6.07, 6.45) is 0.242. The smallest absolute Gasteiger partial charge is 0.254 e. The summed E-state index contributed by atoms with van der Waals surface area (Å²) in [5.74, 6) is 0.359. The van der Waals surface area contributed by atoms with E-state index in [1.54, 1.807) is 19.2 Å². The highest BCUT2D eigenvalue weighted by Crippen LogP contribution is 2.25. The molecular weight excluding hydrogens is 284 g/mol. The molecule has 1 unspecified atom stereocenters. The van der Waals surface area contributed by atoms with Crippen molar-refractivity contribution in [1.82, 2.24) is 10.2 Å². The molecule has 1 atom stereocenters. The number of ether oxygens (including phenoxy) is 1. The van der Waals surface area contributed by atoms with E-state index in [0.29, 0.717) is 18.7 Å². The molecule has 1 heterocycles. The molecule has 1 aromatic rings. The van der Waals surface area contributed by atoms with Crippen LogP contribution in [0.5, 0.6) is 5.75 Å². The van der Waals surface area contributed by atoms with Crippen molar-refractivity contribution >= 4 is 11.8 Å². The standard InChI is InChI=1S/C16H22N2O4/c1-10-8-12(9-11(2)14(10)22-3)16(21)18-6-5-17-15(20)13(18)4-7-19/h8-9,13,19H,4-7H2,1-3H3,(H,17,20). The van der Waals surface area contributed by atoms with Gasteiger partial charge in [0.15, 0.2) is 0 Å². The number of benzene rings is 1. The van der Waals surface area contributed by atoms with Gasteiger partial charge in [0.05, 0.1) is 7.11 Å². The normalized spacial score (nSPS) is 18.1. The molecule has 0 aliphatic carbocycles. The van der Waals surface area contributed by atoms with Crippen LogP contribution in [-0.4, -0.2) is 54.7 Å². The lowest BCUT2D eigenvalue weighted by molar-refractivity contribution is -0.128. The monoisotopic (exact) mass is 306 g/mol. The minimum Gasteiger partial charge on any atom is -0.496 e. The number of carbonyl (C=O) groups excluding carboxylic acids is 2. The minimum atomic E-state index is -0.617. The van der Waals surface area contributed by atoms with E-state index < -0.39 is 6.04 Å². The van der Waals surface area contributed by atoms with Gasteiger partial charge in [-0.05, 0) is 43.5 Å². The van der Waals surface area contributed by atoms with Crippen LogP contribution in [0.3, 0.4) is 0 Å². The zero-order valence-corrected chi connectivity index (χ0v) is 13.2. The lowest BCUT2D eigenvalue weighted by Gasteiger charge is -2.35. The second-order valence-corrected chi connectivity index (χ2v) is 5.46. The van der Waals surface area contributed by atoms with Crippen molar-refractivity contribution in [2.24, 2.45) is 0 Å². The fraction of sp³-hybridized carbons (Fsp3) is 0.500. The summed E-state index contributed by atoms with van der Waals surface area (Å²) >= 11 is 0. The highest BCUT2D eigenvalue weighted by atomic mass is 16.5. The van der Waals surface area contributed by atoms with Crippen LogP contribution in [0, 0.1) is 13.8 Å². The van der Waals surface area contributed by atoms with Gasteiger partial charge in [-0.25, -0.2) is 0 Å². The molecule has 0 bridgehead atoms. The van der Waals surface area contributed by atoms with Gasteiger partial charge in [0.2, 0.25) is 5.91 Å². The van der Waals surface area contributed by atoms with Gasteiger partial charge in [-0.15, -0.1) is 0 Å². The molecule has 6 heteroatoms. The van der Waals surface area contributed by atoms with Gasteiger partial charge < -0.3 is 20.1 Å². The van der Waals surface area contributed by atoms with Crippen LogP contribution in [0.15, 0.2) is 12.1 Å². The number of aliphatic hydroxyl groups excluding tert-OH is 1. The zero-order valence-electron chi connectivity index (χ0n) is 13.2. The van der Waals surface area contributed by atoms with Crippen molar-refractivity contribution in [3.8, 4) is 5.75 Å². The Morgan fingerprint density at radius 1 is 1.41 bits per heavy atom. The van der Waals surface area contributed by atoms with E-state index in [9.17, 15) is 9.59 Å². The van der Waals surface area contributed by atoms with Crippen molar-refractivity contribution in [3.05, 3.63) is 28.8 Å². The number of amides is 2. The lowest BCUT2D eigenvalue weighted by atomic mass is 10.0. The quantitative estimate of drug-likeness (QED) is 0.855. The van der Waals surface area contributed by atoms with Gasteiger partial charge in [-0.2, -0.15) is 0 Å². The third-order valence-corrected chi connectivity index (χ3v) is 3.91. The molecule has 0 saturated carbocycles. The number of nitrogens with zero attached hydrogens (tertiary/aromatic N) is 1. The summed E-state index contributed by atoms with van der Waals surface area (Å²) in [6.45, 7) is 4.51. The van der Waals surface area contributed by atoms with E-state index in [1.807, 2.05) is 13.8 Å². The first-order valence-corrected chi connectivity index (χ1v) is 7.34. The van der Waals surface area contributed by atoms with Gasteiger partial charge in [0, 0.05) is 25.3 Å². The van der Waals surface area contributed by atoms with Crippen LogP contribution >= 0.6 is 0 Å². The Morgan fingerprint density at radius 2 is 2.05 bits per heavy atom. The van der Waals surface area contributed by atoms with Crippen molar-refractivity contribution in [2.45, 2.75) is 26.3 Å². The van der Waals surface area contributed by atoms with Gasteiger partial charge in [0.1, 0.15) is 11.8 Å². The summed E-state index contributed by atoms with van der Waals surface area (Å²) in [4.78, 5) is 26.2. The summed E-state index contributed by atoms with van der Waals surface area (Å²) in [5.41, 5.74) is 2.30. The molecule has 1 saturated heterocycles. The van der Waals surface area contributed by atoms with Crippen molar-refractivity contribution in [1.29, 1.82) is 0 Å². The van der Waals surface area contributed by atoms with E-state index in [1.165, 1.54) is 4.90 Å². The Labute approximate surface area is 130 Å². The van der Waals surface area contributed by atoms with Crippen LogP contribution in [0.1, 0.15) is 27.9 Å². The summed E-state index contributed by atoms with van der Waals surface area (Å²) in [7, 11) is 1.60. The third kappa shape index (κ3) is 3.06. The number of hydrogen-bond donors (Lipinski definition) is 2. The molecule has 1 aliphatic rings. The molecule has 1 aliphatic heterocycles. The molecule has 6 nitrogen and oxygen atoms in total. The Kier molecular flexibility index (Phi) is 5.03. The van der Waals surface area contributed by atoms with E-state index in [4.69, 9.17) is 9.84 Å². The number of hydrogen-bond acceptors (Lipinski definition) is 4. The second kappa shape index (κ2) is 6.79. The highest BCUT2D eigenvalue weighted by Gasteiger charge is 2.33. The first-order chi connectivity index (χ1) is 10.5. The first-order valence-electron chi connectivity index (χ1n) is 7.34. The number of piperazine rings is 1. The second-order valence-electron chi connectivity index (χ2n) is 5.46. The molecule has 2 rings (SSSR count). The first kappa shape index (κ1) is 16.3. The number of methoxy groups -OCH3 is 1. The summed E-state index contributed by atoms with van der Waals surface area (Å²) in [5, 5.41) is 11.9. The average molecular weight is 306 g/mol. The molecule has 2 N–H and O–H groups in total. The number of aryl methyl sites for hydroxylation is 2. The van der Waals surface area contributed by atoms with Crippen LogP contribution in [0.25, 0.3) is 0 Å². The van der Waals surface area contributed by atoms with E-state index >= 15 is 0 Å². The fourth-order valence-electron chi connectivity index (χ4n) is 2.93. The Balaban J connectivity index is 2.31. The van der Waals surface area contributed by atoms with Gasteiger partial charge in [-0.3, -0.25) is 9.59 Å². The Hall–Kier alpha value is -2.08. The molecule has 1 aromatic carbocycles. The van der Waals surface area contributed by atoms with E-state index in [-0.39, 0.29) is 24.8 Å². The highest BCUT2D eigenvalue weighted by molar-refractivity contribution is 5.98. The van der Waals surface area contributed by atoms with E-state index in [0.717, 1.165) is 16.9 Å². The maximum atomic E-state index is 12.8. The number of aliphatic hydroxyl groups is 1. The number of rotatable bonds is 4. The van der Waals surface area contributed by atoms with Crippen molar-refractivity contribution < 1.29 is 19.4 Å². The molecule has 22 heavy (non-hydrogen) atoms. The predicted molar refractivity (Wildman–Crippen MR) is 82.0 cm³/mol. The molecule has 0 radical (unpaired) electrons. The fourth-order valence-corrected chi connectivity index (χ4v) is 2.93. The maximum Gasteiger partial charge on any atom is 0.254 e. The Bertz CT molecular complexity index is 563. The largest absolute Gasteiger partial charge is 0.496 e. The average Bonchev–Trinajstić information content (AvgIpc) is 2.48. The number of carbonyl (C=O) groups is 2. The van der Waals surface area contributed by atoms with Gasteiger partial charge >= 0.3 is 0 Å². The molecule has 1 fully saturated rings. The topological polar surface area (TPSA) is 78.9 Å². The van der Waals surface area contributed by atoms with Gasteiger partial charge in [-0.1, -0.05) is 0 Å². The predicted octanol–water partition coefficient (Wildman–Crippen LogP) is 0.635. The van der Waals surface area contributed by atoms with Crippen LogP contribution in [0.4, 0.5) is 0 Å². The number of nitrogens with one attached hydrogen (secondary N) is 1. The molecule has 120 valence electrons. The molecular formula is C16H22N2O4. The Morgan fingerprint density at radius 3 is 2.59 bits per heavy atom. The SMILES string of the molecule is COc1c(C)cc(C(=O)N2CCNC(=O)C2CCO)cc1C. The molecule has 2 amide bonds. The maximum absolute atomic E-state index is 12.8. The zero-order chi connectivity index (χ0) is 16.3. The molecule has 0 spiro atoms. The molecule has 0 aromatic heterocycles. The van der Waals surface area contributed by atoms with Crippen LogP contribution < -0.4 is 10.1 Å². The van der Waals surface area contributed by atoms with Crippen molar-refractivity contribution in [3.63, 3.8) is 0 Å². The minimum absolute atomic E-state index is 0.136. The van der Waals surface area contributed by atoms with Crippen molar-refractivity contribution in [2.75, 3.05) is 26.8 Å². The summed E-state index contributed by atoms with van der Waals surface area (Å²) in [6, 6.07) is 2.93. The van der Waals surface area contributed by atoms with E-state index in [2.05, 4.69) is 5.32 Å². The van der Waals surface area contributed by atoms with Crippen LogP contribution in [0.2, 0.25) is 0 Å². The van der Waals surface area contributed by atoms with Crippen LogP contribution in [-0.2, 0) is 4.79 Å². The third-order valence-electron chi connectivity index (χ3n) is 3.91.